The largest absolute Gasteiger partial charge is 0.455 e. The molecular weight excluding hydrogens is 548 g/mol. The molecule has 0 spiro atoms. The van der Waals surface area contributed by atoms with Crippen molar-refractivity contribution >= 4 is 43.7 Å². The van der Waals surface area contributed by atoms with E-state index < -0.39 is 0 Å². The second kappa shape index (κ2) is 10.3. The first-order valence-electron chi connectivity index (χ1n) is 15.2. The molecule has 3 nitrogen and oxygen atoms in total. The molecule has 0 amide bonds. The number of hydrogen-bond donors (Lipinski definition) is 0. The zero-order chi connectivity index (χ0) is 29.7. The van der Waals surface area contributed by atoms with Crippen LogP contribution in [0.5, 0.6) is 0 Å². The fourth-order valence-electron chi connectivity index (χ4n) is 6.50. The molecule has 0 N–H and O–H groups in total. The molecule has 9 aromatic rings. The zero-order valence-electron chi connectivity index (χ0n) is 24.3. The van der Waals surface area contributed by atoms with Gasteiger partial charge in [0.2, 0.25) is 0 Å². The van der Waals surface area contributed by atoms with Crippen LogP contribution in [-0.2, 0) is 0 Å². The summed E-state index contributed by atoms with van der Waals surface area (Å²) in [5.74, 6) is 0. The molecule has 0 saturated heterocycles. The first kappa shape index (κ1) is 25.4. The molecule has 45 heavy (non-hydrogen) atoms. The van der Waals surface area contributed by atoms with E-state index in [4.69, 9.17) is 14.4 Å². The number of fused-ring (bicyclic) bond motifs is 6. The summed E-state index contributed by atoms with van der Waals surface area (Å²) in [6.45, 7) is 0. The molecule has 0 saturated carbocycles. The number of rotatable bonds is 4. The Morgan fingerprint density at radius 1 is 0.333 bits per heavy atom. The summed E-state index contributed by atoms with van der Waals surface area (Å²) < 4.78 is 6.85. The second-order valence-corrected chi connectivity index (χ2v) is 11.3. The van der Waals surface area contributed by atoms with Crippen LogP contribution in [0.1, 0.15) is 0 Å². The van der Waals surface area contributed by atoms with Crippen LogP contribution < -0.4 is 0 Å². The minimum atomic E-state index is 0.804. The summed E-state index contributed by atoms with van der Waals surface area (Å²) in [6, 6.07) is 54.8. The summed E-state index contributed by atoms with van der Waals surface area (Å²) in [4.78, 5) is 10.4. The molecule has 2 heterocycles. The maximum Gasteiger partial charge on any atom is 0.144 e. The van der Waals surface area contributed by atoms with E-state index in [1.54, 1.807) is 0 Å². The van der Waals surface area contributed by atoms with Crippen molar-refractivity contribution in [2.75, 3.05) is 0 Å². The highest BCUT2D eigenvalue weighted by Crippen LogP contribution is 2.43. The van der Waals surface area contributed by atoms with Crippen LogP contribution in [0.4, 0.5) is 0 Å². The molecule has 0 unspecified atom stereocenters. The van der Waals surface area contributed by atoms with Crippen LogP contribution in [0, 0.1) is 0 Å². The topological polar surface area (TPSA) is 38.9 Å². The van der Waals surface area contributed by atoms with Gasteiger partial charge in [-0.25, -0.2) is 9.97 Å². The van der Waals surface area contributed by atoms with Crippen molar-refractivity contribution in [2.45, 2.75) is 0 Å². The third-order valence-electron chi connectivity index (χ3n) is 8.68. The van der Waals surface area contributed by atoms with E-state index in [-0.39, 0.29) is 0 Å². The first-order valence-corrected chi connectivity index (χ1v) is 15.2. The van der Waals surface area contributed by atoms with Gasteiger partial charge in [-0.2, -0.15) is 0 Å². The molecule has 3 heteroatoms. The summed E-state index contributed by atoms with van der Waals surface area (Å²) in [7, 11) is 0. The highest BCUT2D eigenvalue weighted by molar-refractivity contribution is 6.20. The minimum Gasteiger partial charge on any atom is -0.455 e. The van der Waals surface area contributed by atoms with Gasteiger partial charge in [0.25, 0.3) is 0 Å². The van der Waals surface area contributed by atoms with E-state index in [0.717, 1.165) is 66.4 Å². The summed E-state index contributed by atoms with van der Waals surface area (Å²) in [5.41, 5.74) is 11.7. The Hall–Kier alpha value is -6.06. The van der Waals surface area contributed by atoms with Gasteiger partial charge in [-0.3, -0.25) is 0 Å². The average Bonchev–Trinajstić information content (AvgIpc) is 3.51. The van der Waals surface area contributed by atoms with Crippen LogP contribution in [0.25, 0.3) is 88.5 Å². The lowest BCUT2D eigenvalue weighted by Crippen LogP contribution is -1.96. The summed E-state index contributed by atoms with van der Waals surface area (Å²) in [6.07, 6.45) is 0. The van der Waals surface area contributed by atoms with Crippen molar-refractivity contribution < 1.29 is 4.42 Å². The molecule has 0 fully saturated rings. The van der Waals surface area contributed by atoms with Crippen LogP contribution >= 0.6 is 0 Å². The summed E-state index contributed by atoms with van der Waals surface area (Å²) in [5, 5.41) is 4.41. The van der Waals surface area contributed by atoms with Crippen LogP contribution in [0.3, 0.4) is 0 Å². The van der Waals surface area contributed by atoms with Crippen molar-refractivity contribution in [2.24, 2.45) is 0 Å². The van der Waals surface area contributed by atoms with E-state index in [9.17, 15) is 0 Å². The Balaban J connectivity index is 1.30. The van der Waals surface area contributed by atoms with Gasteiger partial charge in [-0.1, -0.05) is 133 Å². The molecule has 9 rings (SSSR count). The van der Waals surface area contributed by atoms with Gasteiger partial charge in [-0.05, 0) is 51.9 Å². The van der Waals surface area contributed by atoms with Crippen LogP contribution in [0.2, 0.25) is 0 Å². The predicted octanol–water partition coefficient (Wildman–Crippen LogP) is 11.4. The monoisotopic (exact) mass is 574 g/mol. The maximum absolute atomic E-state index is 6.85. The van der Waals surface area contributed by atoms with Crippen molar-refractivity contribution in [3.05, 3.63) is 158 Å². The molecule has 0 bridgehead atoms. The molecule has 210 valence electrons. The Morgan fingerprint density at radius 2 is 0.867 bits per heavy atom. The molecule has 0 radical (unpaired) electrons. The molecular formula is C42H26N2O. The van der Waals surface area contributed by atoms with Gasteiger partial charge in [0.15, 0.2) is 0 Å². The van der Waals surface area contributed by atoms with Gasteiger partial charge in [0.1, 0.15) is 16.9 Å². The Labute approximate surface area is 260 Å². The maximum atomic E-state index is 6.85. The number of nitrogens with zero attached hydrogens (tertiary/aromatic N) is 2. The normalized spacial score (nSPS) is 11.6. The predicted molar refractivity (Wildman–Crippen MR) is 186 cm³/mol. The molecule has 0 aliphatic heterocycles. The Bertz CT molecular complexity index is 2510. The van der Waals surface area contributed by atoms with Crippen LogP contribution in [-0.4, -0.2) is 9.97 Å². The average molecular weight is 575 g/mol. The van der Waals surface area contributed by atoms with Gasteiger partial charge >= 0.3 is 0 Å². The highest BCUT2D eigenvalue weighted by atomic mass is 16.3. The number of hydrogen-bond acceptors (Lipinski definition) is 3. The fourth-order valence-corrected chi connectivity index (χ4v) is 6.50. The van der Waals surface area contributed by atoms with Crippen molar-refractivity contribution in [1.29, 1.82) is 0 Å². The van der Waals surface area contributed by atoms with Gasteiger partial charge < -0.3 is 4.42 Å². The van der Waals surface area contributed by atoms with E-state index in [1.165, 1.54) is 22.1 Å². The quantitative estimate of drug-likeness (QED) is 0.210. The van der Waals surface area contributed by atoms with Gasteiger partial charge in [-0.15, -0.1) is 0 Å². The summed E-state index contributed by atoms with van der Waals surface area (Å²) >= 11 is 0. The van der Waals surface area contributed by atoms with Gasteiger partial charge in [0, 0.05) is 27.3 Å². The number of furan rings is 1. The SMILES string of the molecule is c1ccc(-c2ccc(-c3nc4ccccc4nc3-c3cccc4c3oc3c5ccccc5c(-c5ccccc5)cc43)cc2)cc1. The molecule has 7 aromatic carbocycles. The van der Waals surface area contributed by atoms with Crippen molar-refractivity contribution in [3.63, 3.8) is 0 Å². The molecule has 0 atom stereocenters. The second-order valence-electron chi connectivity index (χ2n) is 11.3. The zero-order valence-corrected chi connectivity index (χ0v) is 24.3. The van der Waals surface area contributed by atoms with Crippen molar-refractivity contribution in [1.82, 2.24) is 9.97 Å². The number of aromatic nitrogens is 2. The molecule has 0 aliphatic carbocycles. The molecule has 0 aliphatic rings. The standard InChI is InChI=1S/C42H26N2O/c1-3-12-27(13-4-1)28-22-24-30(25-23-28)39-40(44-38-21-10-9-20-37(38)43-39)34-19-11-18-33-36-26-35(29-14-5-2-6-15-29)31-16-7-8-17-32(31)42(36)45-41(33)34/h1-26H. The van der Waals surface area contributed by atoms with E-state index in [2.05, 4.69) is 127 Å². The Morgan fingerprint density at radius 3 is 1.60 bits per heavy atom. The lowest BCUT2D eigenvalue weighted by atomic mass is 9.95. The third-order valence-corrected chi connectivity index (χ3v) is 8.68. The number of benzene rings is 7. The lowest BCUT2D eigenvalue weighted by Gasteiger charge is -2.12. The fraction of sp³-hybridized carbons (Fsp3) is 0. The van der Waals surface area contributed by atoms with E-state index >= 15 is 0 Å². The lowest BCUT2D eigenvalue weighted by molar-refractivity contribution is 0.673. The van der Waals surface area contributed by atoms with Crippen LogP contribution in [0.15, 0.2) is 162 Å². The van der Waals surface area contributed by atoms with Gasteiger partial charge in [0.05, 0.1) is 16.7 Å². The first-order chi connectivity index (χ1) is 22.3. The van der Waals surface area contributed by atoms with E-state index in [1.807, 2.05) is 30.3 Å². The third kappa shape index (κ3) is 4.21. The van der Waals surface area contributed by atoms with E-state index in [0.29, 0.717) is 0 Å². The Kier molecular flexibility index (Phi) is 5.82. The number of para-hydroxylation sites is 3. The smallest absolute Gasteiger partial charge is 0.144 e. The molecule has 2 aromatic heterocycles. The highest BCUT2D eigenvalue weighted by Gasteiger charge is 2.21. The minimum absolute atomic E-state index is 0.804. The van der Waals surface area contributed by atoms with Crippen molar-refractivity contribution in [3.8, 4) is 44.8 Å².